The van der Waals surface area contributed by atoms with Gasteiger partial charge in [-0.25, -0.2) is 0 Å². The summed E-state index contributed by atoms with van der Waals surface area (Å²) in [4.78, 5) is 0. The Morgan fingerprint density at radius 1 is 1.25 bits per heavy atom. The Bertz CT molecular complexity index is 295. The van der Waals surface area contributed by atoms with Gasteiger partial charge in [0.1, 0.15) is 5.75 Å². The number of aliphatic hydroxyl groups excluding tert-OH is 1. The average Bonchev–Trinajstić information content (AvgIpc) is 2.18. The van der Waals surface area contributed by atoms with Gasteiger partial charge >= 0.3 is 6.61 Å². The zero-order valence-electron chi connectivity index (χ0n) is 8.48. The highest BCUT2D eigenvalue weighted by molar-refractivity contribution is 5.85. The van der Waals surface area contributed by atoms with E-state index >= 15 is 0 Å². The maximum absolute atomic E-state index is 11.8. The van der Waals surface area contributed by atoms with Crippen LogP contribution in [-0.2, 0) is 0 Å². The van der Waals surface area contributed by atoms with Gasteiger partial charge in [-0.3, -0.25) is 0 Å². The van der Waals surface area contributed by atoms with Gasteiger partial charge in [0.05, 0.1) is 0 Å². The zero-order chi connectivity index (χ0) is 11.3. The van der Waals surface area contributed by atoms with Crippen LogP contribution in [0.5, 0.6) is 5.75 Å². The summed E-state index contributed by atoms with van der Waals surface area (Å²) in [6, 6.07) is 5.80. The predicted molar refractivity (Wildman–Crippen MR) is 59.0 cm³/mol. The number of halogens is 3. The van der Waals surface area contributed by atoms with Crippen molar-refractivity contribution in [3.05, 3.63) is 29.8 Å². The summed E-state index contributed by atoms with van der Waals surface area (Å²) >= 11 is 0. The second-order valence-electron chi connectivity index (χ2n) is 3.07. The predicted octanol–water partition coefficient (Wildman–Crippen LogP) is 2.09. The van der Waals surface area contributed by atoms with E-state index in [-0.39, 0.29) is 30.8 Å². The van der Waals surface area contributed by atoms with Crippen LogP contribution in [0, 0.1) is 0 Å². The van der Waals surface area contributed by atoms with Crippen LogP contribution in [0.3, 0.4) is 0 Å². The van der Waals surface area contributed by atoms with Crippen molar-refractivity contribution in [2.45, 2.75) is 19.1 Å². The Kier molecular flexibility index (Phi) is 6.96. The van der Waals surface area contributed by atoms with Crippen LogP contribution >= 0.6 is 12.4 Å². The molecule has 0 spiro atoms. The van der Waals surface area contributed by atoms with E-state index < -0.39 is 6.61 Å². The number of aliphatic hydroxyl groups is 1. The normalized spacial score (nSPS) is 12.1. The maximum Gasteiger partial charge on any atom is 0.387 e. The molecule has 0 aliphatic heterocycles. The summed E-state index contributed by atoms with van der Waals surface area (Å²) < 4.78 is 27.8. The van der Waals surface area contributed by atoms with Crippen molar-refractivity contribution in [2.75, 3.05) is 6.61 Å². The minimum absolute atomic E-state index is 0. The minimum Gasteiger partial charge on any atom is -0.435 e. The molecular weight excluding hydrogens is 240 g/mol. The quantitative estimate of drug-likeness (QED) is 0.845. The molecule has 0 amide bonds. The molecule has 3 N–H and O–H groups in total. The van der Waals surface area contributed by atoms with E-state index in [1.807, 2.05) is 0 Å². The second kappa shape index (κ2) is 7.38. The van der Waals surface area contributed by atoms with Gasteiger partial charge in [0.15, 0.2) is 0 Å². The smallest absolute Gasteiger partial charge is 0.387 e. The topological polar surface area (TPSA) is 55.5 Å². The molecule has 92 valence electrons. The van der Waals surface area contributed by atoms with E-state index in [1.165, 1.54) is 12.1 Å². The van der Waals surface area contributed by atoms with E-state index in [0.29, 0.717) is 6.42 Å². The first-order valence-electron chi connectivity index (χ1n) is 4.54. The summed E-state index contributed by atoms with van der Waals surface area (Å²) in [5.74, 6) is 0.102. The van der Waals surface area contributed by atoms with Crippen LogP contribution in [0.4, 0.5) is 8.78 Å². The fraction of sp³-hybridized carbons (Fsp3) is 0.400. The first kappa shape index (κ1) is 15.1. The van der Waals surface area contributed by atoms with Crippen LogP contribution < -0.4 is 10.5 Å². The summed E-state index contributed by atoms with van der Waals surface area (Å²) in [5.41, 5.74) is 6.49. The summed E-state index contributed by atoms with van der Waals surface area (Å²) in [5, 5.41) is 8.67. The standard InChI is InChI=1S/C10H13F2NO2.ClH/c11-10(12)15-8-3-1-7(2-4-8)9(13)5-6-14;/h1-4,9-10,14H,5-6,13H2;1H. The highest BCUT2D eigenvalue weighted by atomic mass is 35.5. The van der Waals surface area contributed by atoms with Gasteiger partial charge < -0.3 is 15.6 Å². The molecule has 0 aromatic heterocycles. The number of alkyl halides is 2. The molecule has 1 aromatic rings. The van der Waals surface area contributed by atoms with Crippen LogP contribution in [-0.4, -0.2) is 18.3 Å². The van der Waals surface area contributed by atoms with Crippen molar-refractivity contribution < 1.29 is 18.6 Å². The monoisotopic (exact) mass is 253 g/mol. The molecule has 0 aliphatic carbocycles. The number of rotatable bonds is 5. The molecule has 0 bridgehead atoms. The largest absolute Gasteiger partial charge is 0.435 e. The lowest BCUT2D eigenvalue weighted by Crippen LogP contribution is -2.11. The van der Waals surface area contributed by atoms with Crippen molar-refractivity contribution in [3.8, 4) is 5.75 Å². The third-order valence-corrected chi connectivity index (χ3v) is 1.97. The van der Waals surface area contributed by atoms with E-state index in [2.05, 4.69) is 4.74 Å². The van der Waals surface area contributed by atoms with Gasteiger partial charge in [-0.05, 0) is 24.1 Å². The molecule has 3 nitrogen and oxygen atoms in total. The molecule has 0 fully saturated rings. The van der Waals surface area contributed by atoms with Crippen molar-refractivity contribution in [1.82, 2.24) is 0 Å². The Labute approximate surface area is 98.6 Å². The molecule has 1 atom stereocenters. The number of benzene rings is 1. The lowest BCUT2D eigenvalue weighted by Gasteiger charge is -2.11. The number of hydrogen-bond acceptors (Lipinski definition) is 3. The number of nitrogens with two attached hydrogens (primary N) is 1. The van der Waals surface area contributed by atoms with Gasteiger partial charge in [0.25, 0.3) is 0 Å². The van der Waals surface area contributed by atoms with Crippen molar-refractivity contribution in [1.29, 1.82) is 0 Å². The molecule has 16 heavy (non-hydrogen) atoms. The van der Waals surface area contributed by atoms with Crippen molar-refractivity contribution in [3.63, 3.8) is 0 Å². The third-order valence-electron chi connectivity index (χ3n) is 1.97. The van der Waals surface area contributed by atoms with Crippen molar-refractivity contribution >= 4 is 12.4 Å². The number of hydrogen-bond donors (Lipinski definition) is 2. The van der Waals surface area contributed by atoms with Gasteiger partial charge in [0.2, 0.25) is 0 Å². The maximum atomic E-state index is 11.8. The molecule has 1 aromatic carbocycles. The first-order valence-corrected chi connectivity index (χ1v) is 4.54. The van der Waals surface area contributed by atoms with Crippen LogP contribution in [0.15, 0.2) is 24.3 Å². The van der Waals surface area contributed by atoms with E-state index in [0.717, 1.165) is 5.56 Å². The minimum atomic E-state index is -2.82. The van der Waals surface area contributed by atoms with E-state index in [1.54, 1.807) is 12.1 Å². The van der Waals surface area contributed by atoms with E-state index in [4.69, 9.17) is 10.8 Å². The summed E-state index contributed by atoms with van der Waals surface area (Å²) in [7, 11) is 0. The first-order chi connectivity index (χ1) is 7.13. The van der Waals surface area contributed by atoms with Gasteiger partial charge in [0, 0.05) is 12.6 Å². The molecule has 0 aliphatic rings. The third kappa shape index (κ3) is 4.74. The summed E-state index contributed by atoms with van der Waals surface area (Å²) in [6.07, 6.45) is 0.440. The lowest BCUT2D eigenvalue weighted by atomic mass is 10.1. The molecule has 1 unspecified atom stereocenters. The van der Waals surface area contributed by atoms with Crippen LogP contribution in [0.25, 0.3) is 0 Å². The summed E-state index contributed by atoms with van der Waals surface area (Å²) in [6.45, 7) is -2.82. The van der Waals surface area contributed by atoms with Gasteiger partial charge in [-0.2, -0.15) is 8.78 Å². The average molecular weight is 254 g/mol. The van der Waals surface area contributed by atoms with Crippen molar-refractivity contribution in [2.24, 2.45) is 5.73 Å². The zero-order valence-corrected chi connectivity index (χ0v) is 9.29. The molecule has 0 saturated carbocycles. The highest BCUT2D eigenvalue weighted by Gasteiger charge is 2.07. The fourth-order valence-electron chi connectivity index (χ4n) is 1.20. The Balaban J connectivity index is 0.00000225. The molecule has 0 saturated heterocycles. The Morgan fingerprint density at radius 3 is 2.25 bits per heavy atom. The molecule has 6 heteroatoms. The van der Waals surface area contributed by atoms with Crippen LogP contribution in [0.2, 0.25) is 0 Å². The van der Waals surface area contributed by atoms with Crippen LogP contribution in [0.1, 0.15) is 18.0 Å². The molecule has 1 rings (SSSR count). The molecular formula is C10H14ClF2NO2. The van der Waals surface area contributed by atoms with Gasteiger partial charge in [-0.1, -0.05) is 12.1 Å². The Morgan fingerprint density at radius 2 is 1.81 bits per heavy atom. The lowest BCUT2D eigenvalue weighted by molar-refractivity contribution is -0.0498. The second-order valence-corrected chi connectivity index (χ2v) is 3.07. The highest BCUT2D eigenvalue weighted by Crippen LogP contribution is 2.19. The Hall–Kier alpha value is -0.910. The molecule has 0 heterocycles. The van der Waals surface area contributed by atoms with E-state index in [9.17, 15) is 8.78 Å². The van der Waals surface area contributed by atoms with Gasteiger partial charge in [-0.15, -0.1) is 12.4 Å². The molecule has 0 radical (unpaired) electrons. The SMILES string of the molecule is Cl.NC(CCO)c1ccc(OC(F)F)cc1. The number of ether oxygens (including phenoxy) is 1. The fourth-order valence-corrected chi connectivity index (χ4v) is 1.20.